The fraction of sp³-hybridized carbons (Fsp3) is 0.438. The fourth-order valence-corrected chi connectivity index (χ4v) is 4.49. The second kappa shape index (κ2) is 5.05. The Morgan fingerprint density at radius 1 is 1.50 bits per heavy atom. The highest BCUT2D eigenvalue weighted by Crippen LogP contribution is 2.35. The normalized spacial score (nSPS) is 17.8. The monoisotopic (exact) mass is 315 g/mol. The van der Waals surface area contributed by atoms with Crippen LogP contribution in [-0.4, -0.2) is 14.7 Å². The van der Waals surface area contributed by atoms with E-state index < -0.39 is 0 Å². The zero-order chi connectivity index (χ0) is 15.3. The van der Waals surface area contributed by atoms with E-state index >= 15 is 0 Å². The summed E-state index contributed by atoms with van der Waals surface area (Å²) in [7, 11) is 0. The van der Waals surface area contributed by atoms with Crippen molar-refractivity contribution in [2.24, 2.45) is 5.92 Å². The second-order valence-electron chi connectivity index (χ2n) is 6.14. The number of nitrogens with zero attached hydrogens (tertiary/aromatic N) is 3. The maximum Gasteiger partial charge on any atom is 0.262 e. The first-order valence-electron chi connectivity index (χ1n) is 7.53. The number of aromatic nitrogens is 3. The van der Waals surface area contributed by atoms with Crippen molar-refractivity contribution in [3.05, 3.63) is 44.6 Å². The van der Waals surface area contributed by atoms with E-state index in [1.54, 1.807) is 22.2 Å². The molecular weight excluding hydrogens is 298 g/mol. The molecule has 4 rings (SSSR count). The van der Waals surface area contributed by atoms with Gasteiger partial charge in [-0.3, -0.25) is 9.36 Å². The molecule has 0 fully saturated rings. The molecule has 22 heavy (non-hydrogen) atoms. The number of hydrogen-bond donors (Lipinski definition) is 0. The molecule has 0 unspecified atom stereocenters. The van der Waals surface area contributed by atoms with E-state index in [-0.39, 0.29) is 5.56 Å². The Morgan fingerprint density at radius 2 is 2.36 bits per heavy atom. The zero-order valence-electron chi connectivity index (χ0n) is 12.6. The fourth-order valence-electron chi connectivity index (χ4n) is 3.15. The van der Waals surface area contributed by atoms with Crippen LogP contribution in [0, 0.1) is 12.8 Å². The molecule has 0 saturated heterocycles. The number of hydrogen-bond acceptors (Lipinski definition) is 5. The lowest BCUT2D eigenvalue weighted by Crippen LogP contribution is -2.22. The van der Waals surface area contributed by atoms with Crippen molar-refractivity contribution in [3.8, 4) is 0 Å². The maximum atomic E-state index is 12.8. The van der Waals surface area contributed by atoms with Crippen LogP contribution in [0.5, 0.6) is 0 Å². The van der Waals surface area contributed by atoms with Crippen LogP contribution in [0.15, 0.2) is 21.7 Å². The maximum absolute atomic E-state index is 12.8. The van der Waals surface area contributed by atoms with Gasteiger partial charge in [-0.2, -0.15) is 0 Å². The highest BCUT2D eigenvalue weighted by Gasteiger charge is 2.23. The standard InChI is InChI=1S/C16H17N3O2S/c1-9-3-4-12-13(5-9)22-15-14(12)16(20)19(8-17-15)7-11-6-10(2)21-18-11/h6,8-9H,3-5,7H2,1-2H3/t9-/m0/s1. The molecule has 1 aliphatic rings. The van der Waals surface area contributed by atoms with E-state index in [9.17, 15) is 4.79 Å². The summed E-state index contributed by atoms with van der Waals surface area (Å²) in [6, 6.07) is 1.85. The molecule has 1 aliphatic carbocycles. The summed E-state index contributed by atoms with van der Waals surface area (Å²) < 4.78 is 6.70. The molecule has 0 aromatic carbocycles. The minimum absolute atomic E-state index is 0.0395. The molecule has 6 heteroatoms. The molecule has 0 aliphatic heterocycles. The third kappa shape index (κ3) is 2.18. The van der Waals surface area contributed by atoms with E-state index in [0.717, 1.165) is 40.9 Å². The lowest BCUT2D eigenvalue weighted by atomic mass is 9.89. The smallest absolute Gasteiger partial charge is 0.262 e. The SMILES string of the molecule is Cc1cc(Cn2cnc3sc4c(c3c2=O)CC[C@H](C)C4)no1. The first-order valence-corrected chi connectivity index (χ1v) is 8.35. The van der Waals surface area contributed by atoms with Crippen LogP contribution in [0.2, 0.25) is 0 Å². The first kappa shape index (κ1) is 13.7. The molecule has 0 radical (unpaired) electrons. The van der Waals surface area contributed by atoms with Crippen LogP contribution in [-0.2, 0) is 19.4 Å². The molecule has 0 saturated carbocycles. The van der Waals surface area contributed by atoms with Crippen molar-refractivity contribution in [1.82, 2.24) is 14.7 Å². The van der Waals surface area contributed by atoms with E-state index in [0.29, 0.717) is 12.5 Å². The Labute approximate surface area is 131 Å². The lowest BCUT2D eigenvalue weighted by Gasteiger charge is -2.17. The summed E-state index contributed by atoms with van der Waals surface area (Å²) in [5, 5.41) is 4.77. The van der Waals surface area contributed by atoms with Crippen molar-refractivity contribution in [2.75, 3.05) is 0 Å². The number of fused-ring (bicyclic) bond motifs is 3. The van der Waals surface area contributed by atoms with Crippen molar-refractivity contribution in [2.45, 2.75) is 39.7 Å². The van der Waals surface area contributed by atoms with Gasteiger partial charge >= 0.3 is 0 Å². The van der Waals surface area contributed by atoms with Crippen molar-refractivity contribution < 1.29 is 4.52 Å². The molecule has 0 amide bonds. The topological polar surface area (TPSA) is 60.9 Å². The molecule has 0 bridgehead atoms. The molecular formula is C16H17N3O2S. The predicted octanol–water partition coefficient (Wildman–Crippen LogP) is 2.93. The number of aryl methyl sites for hydroxylation is 2. The van der Waals surface area contributed by atoms with Gasteiger partial charge in [-0.15, -0.1) is 11.3 Å². The van der Waals surface area contributed by atoms with Crippen LogP contribution in [0.25, 0.3) is 10.2 Å². The Morgan fingerprint density at radius 3 is 3.14 bits per heavy atom. The summed E-state index contributed by atoms with van der Waals surface area (Å²) in [5.74, 6) is 1.44. The molecule has 0 spiro atoms. The molecule has 114 valence electrons. The second-order valence-corrected chi connectivity index (χ2v) is 7.22. The van der Waals surface area contributed by atoms with Gasteiger partial charge in [0.1, 0.15) is 16.3 Å². The highest BCUT2D eigenvalue weighted by molar-refractivity contribution is 7.18. The van der Waals surface area contributed by atoms with Crippen LogP contribution < -0.4 is 5.56 Å². The van der Waals surface area contributed by atoms with Gasteiger partial charge in [0.2, 0.25) is 0 Å². The molecule has 3 aromatic rings. The van der Waals surface area contributed by atoms with Gasteiger partial charge in [-0.1, -0.05) is 12.1 Å². The van der Waals surface area contributed by atoms with Crippen LogP contribution >= 0.6 is 11.3 Å². The largest absolute Gasteiger partial charge is 0.361 e. The van der Waals surface area contributed by atoms with Gasteiger partial charge < -0.3 is 4.52 Å². The van der Waals surface area contributed by atoms with Gasteiger partial charge in [-0.25, -0.2) is 4.98 Å². The van der Waals surface area contributed by atoms with Gasteiger partial charge in [-0.05, 0) is 37.7 Å². The van der Waals surface area contributed by atoms with E-state index in [2.05, 4.69) is 17.1 Å². The van der Waals surface area contributed by atoms with Gasteiger partial charge in [0.25, 0.3) is 5.56 Å². The molecule has 0 N–H and O–H groups in total. The van der Waals surface area contributed by atoms with Crippen LogP contribution in [0.3, 0.4) is 0 Å². The predicted molar refractivity (Wildman–Crippen MR) is 85.4 cm³/mol. The Bertz CT molecular complexity index is 906. The average molecular weight is 315 g/mol. The molecule has 1 atom stereocenters. The summed E-state index contributed by atoms with van der Waals surface area (Å²) in [6.07, 6.45) is 4.83. The molecule has 3 aromatic heterocycles. The average Bonchev–Trinajstić information content (AvgIpc) is 3.05. The molecule has 3 heterocycles. The Hall–Kier alpha value is -1.95. The summed E-state index contributed by atoms with van der Waals surface area (Å²) in [6.45, 7) is 4.52. The number of thiophene rings is 1. The summed E-state index contributed by atoms with van der Waals surface area (Å²) in [4.78, 5) is 19.5. The van der Waals surface area contributed by atoms with Crippen molar-refractivity contribution >= 4 is 21.6 Å². The number of rotatable bonds is 2. The minimum atomic E-state index is 0.0395. The van der Waals surface area contributed by atoms with Gasteiger partial charge in [0.15, 0.2) is 0 Å². The zero-order valence-corrected chi connectivity index (χ0v) is 13.4. The molecule has 5 nitrogen and oxygen atoms in total. The lowest BCUT2D eigenvalue weighted by molar-refractivity contribution is 0.388. The summed E-state index contributed by atoms with van der Waals surface area (Å²) in [5.41, 5.74) is 2.01. The van der Waals surface area contributed by atoms with Crippen molar-refractivity contribution in [3.63, 3.8) is 0 Å². The van der Waals surface area contributed by atoms with Gasteiger partial charge in [0.05, 0.1) is 18.3 Å². The third-order valence-electron chi connectivity index (χ3n) is 4.29. The van der Waals surface area contributed by atoms with Crippen molar-refractivity contribution in [1.29, 1.82) is 0 Å². The van der Waals surface area contributed by atoms with E-state index in [1.807, 2.05) is 13.0 Å². The van der Waals surface area contributed by atoms with E-state index in [1.165, 1.54) is 10.4 Å². The van der Waals surface area contributed by atoms with Crippen LogP contribution in [0.1, 0.15) is 35.2 Å². The minimum Gasteiger partial charge on any atom is -0.361 e. The van der Waals surface area contributed by atoms with Crippen LogP contribution in [0.4, 0.5) is 0 Å². The first-order chi connectivity index (χ1) is 10.6. The third-order valence-corrected chi connectivity index (χ3v) is 5.45. The Balaban J connectivity index is 1.81. The van der Waals surface area contributed by atoms with Gasteiger partial charge in [0, 0.05) is 10.9 Å². The quantitative estimate of drug-likeness (QED) is 0.729. The highest BCUT2D eigenvalue weighted by atomic mass is 32.1. The van der Waals surface area contributed by atoms with E-state index in [4.69, 9.17) is 4.52 Å². The summed E-state index contributed by atoms with van der Waals surface area (Å²) >= 11 is 1.68. The Kier molecular flexibility index (Phi) is 3.14.